The largest absolute Gasteiger partial charge is 0.313 e. The maximum absolute atomic E-state index is 4.27. The minimum atomic E-state index is 0.432. The molecule has 3 atom stereocenters. The van der Waals surface area contributed by atoms with Crippen LogP contribution in [0.2, 0.25) is 0 Å². The molecular weight excluding hydrogens is 222 g/mol. The molecule has 0 spiro atoms. The summed E-state index contributed by atoms with van der Waals surface area (Å²) in [5.74, 6) is 1.59. The third-order valence-corrected chi connectivity index (χ3v) is 4.23. The SMILES string of the molecule is CNC(c1cc(C)nnc1C)C1CCCC(C)C1. The minimum Gasteiger partial charge on any atom is -0.313 e. The lowest BCUT2D eigenvalue weighted by molar-refractivity contribution is 0.229. The van der Waals surface area contributed by atoms with Gasteiger partial charge in [0.05, 0.1) is 11.4 Å². The summed E-state index contributed by atoms with van der Waals surface area (Å²) in [6.07, 6.45) is 5.41. The van der Waals surface area contributed by atoms with Gasteiger partial charge in [-0.1, -0.05) is 19.8 Å². The predicted molar refractivity (Wildman–Crippen MR) is 74.4 cm³/mol. The van der Waals surface area contributed by atoms with E-state index in [-0.39, 0.29) is 0 Å². The zero-order valence-electron chi connectivity index (χ0n) is 12.0. The highest BCUT2D eigenvalue weighted by molar-refractivity contribution is 5.24. The van der Waals surface area contributed by atoms with E-state index in [1.807, 2.05) is 6.92 Å². The van der Waals surface area contributed by atoms with E-state index in [1.54, 1.807) is 0 Å². The van der Waals surface area contributed by atoms with Crippen LogP contribution in [0.4, 0.5) is 0 Å². The quantitative estimate of drug-likeness (QED) is 0.891. The molecule has 0 saturated heterocycles. The van der Waals surface area contributed by atoms with Crippen molar-refractivity contribution in [3.63, 3.8) is 0 Å². The molecule has 0 aromatic carbocycles. The van der Waals surface area contributed by atoms with Crippen LogP contribution in [-0.4, -0.2) is 17.2 Å². The molecule has 0 amide bonds. The number of nitrogens with zero attached hydrogens (tertiary/aromatic N) is 2. The Morgan fingerprint density at radius 2 is 2.06 bits per heavy atom. The summed E-state index contributed by atoms with van der Waals surface area (Å²) in [5.41, 5.74) is 3.42. The lowest BCUT2D eigenvalue weighted by Crippen LogP contribution is -2.30. The lowest BCUT2D eigenvalue weighted by atomic mass is 9.76. The van der Waals surface area contributed by atoms with Crippen LogP contribution >= 0.6 is 0 Å². The van der Waals surface area contributed by atoms with Crippen LogP contribution in [0, 0.1) is 25.7 Å². The van der Waals surface area contributed by atoms with Crippen LogP contribution in [0.1, 0.15) is 55.6 Å². The Kier molecular flexibility index (Phi) is 4.33. The van der Waals surface area contributed by atoms with Gasteiger partial charge < -0.3 is 5.32 Å². The summed E-state index contributed by atoms with van der Waals surface area (Å²) >= 11 is 0. The van der Waals surface area contributed by atoms with Gasteiger partial charge in [-0.2, -0.15) is 10.2 Å². The molecule has 18 heavy (non-hydrogen) atoms. The molecule has 3 nitrogen and oxygen atoms in total. The van der Waals surface area contributed by atoms with Crippen molar-refractivity contribution in [2.24, 2.45) is 11.8 Å². The monoisotopic (exact) mass is 247 g/mol. The summed E-state index contributed by atoms with van der Waals surface area (Å²) in [4.78, 5) is 0. The Morgan fingerprint density at radius 3 is 2.72 bits per heavy atom. The van der Waals surface area contributed by atoms with Crippen molar-refractivity contribution in [1.29, 1.82) is 0 Å². The Bertz CT molecular complexity index is 403. The second-order valence-corrected chi connectivity index (χ2v) is 5.82. The third kappa shape index (κ3) is 2.89. The second kappa shape index (κ2) is 5.79. The number of hydrogen-bond acceptors (Lipinski definition) is 3. The van der Waals surface area contributed by atoms with E-state index in [2.05, 4.69) is 42.5 Å². The normalized spacial score (nSPS) is 26.0. The van der Waals surface area contributed by atoms with Crippen LogP contribution in [-0.2, 0) is 0 Å². The minimum absolute atomic E-state index is 0.432. The fourth-order valence-corrected chi connectivity index (χ4v) is 3.31. The fraction of sp³-hybridized carbons (Fsp3) is 0.733. The van der Waals surface area contributed by atoms with Crippen molar-refractivity contribution < 1.29 is 0 Å². The van der Waals surface area contributed by atoms with Gasteiger partial charge in [-0.15, -0.1) is 0 Å². The van der Waals surface area contributed by atoms with Gasteiger partial charge in [-0.25, -0.2) is 0 Å². The first-order valence-corrected chi connectivity index (χ1v) is 7.10. The molecule has 3 heteroatoms. The molecule has 1 N–H and O–H groups in total. The van der Waals surface area contributed by atoms with Crippen LogP contribution in [0.3, 0.4) is 0 Å². The van der Waals surface area contributed by atoms with Gasteiger partial charge in [0, 0.05) is 6.04 Å². The van der Waals surface area contributed by atoms with Crippen LogP contribution in [0.15, 0.2) is 6.07 Å². The third-order valence-electron chi connectivity index (χ3n) is 4.23. The summed E-state index contributed by atoms with van der Waals surface area (Å²) < 4.78 is 0. The molecule has 1 heterocycles. The van der Waals surface area contributed by atoms with E-state index in [0.717, 1.165) is 23.2 Å². The first kappa shape index (κ1) is 13.5. The highest BCUT2D eigenvalue weighted by Gasteiger charge is 2.28. The van der Waals surface area contributed by atoms with Crippen molar-refractivity contribution in [3.05, 3.63) is 23.0 Å². The van der Waals surface area contributed by atoms with Gasteiger partial charge in [-0.3, -0.25) is 0 Å². The Labute approximate surface area is 110 Å². The van der Waals surface area contributed by atoms with Gasteiger partial charge in [0.2, 0.25) is 0 Å². The summed E-state index contributed by atoms with van der Waals surface area (Å²) in [7, 11) is 2.07. The highest BCUT2D eigenvalue weighted by atomic mass is 15.1. The van der Waals surface area contributed by atoms with E-state index in [4.69, 9.17) is 0 Å². The molecule has 100 valence electrons. The Balaban J connectivity index is 2.24. The Hall–Kier alpha value is -0.960. The van der Waals surface area contributed by atoms with Crippen LogP contribution in [0.5, 0.6) is 0 Å². The van der Waals surface area contributed by atoms with E-state index in [1.165, 1.54) is 31.2 Å². The van der Waals surface area contributed by atoms with E-state index in [9.17, 15) is 0 Å². The highest BCUT2D eigenvalue weighted by Crippen LogP contribution is 2.37. The average Bonchev–Trinajstić information content (AvgIpc) is 2.35. The fourth-order valence-electron chi connectivity index (χ4n) is 3.31. The first-order chi connectivity index (χ1) is 8.61. The Morgan fingerprint density at radius 1 is 1.28 bits per heavy atom. The molecule has 1 saturated carbocycles. The van der Waals surface area contributed by atoms with Gasteiger partial charge in [-0.05, 0) is 57.2 Å². The molecule has 3 unspecified atom stereocenters. The van der Waals surface area contributed by atoms with E-state index in [0.29, 0.717) is 6.04 Å². The number of aryl methyl sites for hydroxylation is 2. The molecule has 1 fully saturated rings. The second-order valence-electron chi connectivity index (χ2n) is 5.82. The molecule has 1 aliphatic rings. The molecular formula is C15H25N3. The van der Waals surface area contributed by atoms with Crippen molar-refractivity contribution in [3.8, 4) is 0 Å². The lowest BCUT2D eigenvalue weighted by Gasteiger charge is -2.33. The predicted octanol–water partition coefficient (Wildman–Crippen LogP) is 3.18. The van der Waals surface area contributed by atoms with Crippen molar-refractivity contribution in [2.45, 2.75) is 52.5 Å². The van der Waals surface area contributed by atoms with Crippen molar-refractivity contribution >= 4 is 0 Å². The van der Waals surface area contributed by atoms with Gasteiger partial charge in [0.25, 0.3) is 0 Å². The van der Waals surface area contributed by atoms with Gasteiger partial charge >= 0.3 is 0 Å². The number of aromatic nitrogens is 2. The number of nitrogens with one attached hydrogen (secondary N) is 1. The maximum atomic E-state index is 4.27. The molecule has 0 aliphatic heterocycles. The molecule has 1 aromatic rings. The zero-order chi connectivity index (χ0) is 13.1. The summed E-state index contributed by atoms with van der Waals surface area (Å²) in [6, 6.07) is 2.63. The average molecular weight is 247 g/mol. The van der Waals surface area contributed by atoms with Crippen LogP contribution < -0.4 is 5.32 Å². The maximum Gasteiger partial charge on any atom is 0.0648 e. The van der Waals surface area contributed by atoms with Crippen molar-refractivity contribution in [1.82, 2.24) is 15.5 Å². The first-order valence-electron chi connectivity index (χ1n) is 7.10. The number of rotatable bonds is 3. The molecule has 0 radical (unpaired) electrons. The molecule has 1 aliphatic carbocycles. The van der Waals surface area contributed by atoms with E-state index < -0.39 is 0 Å². The van der Waals surface area contributed by atoms with Crippen LogP contribution in [0.25, 0.3) is 0 Å². The zero-order valence-corrected chi connectivity index (χ0v) is 12.0. The van der Waals surface area contributed by atoms with Gasteiger partial charge in [0.1, 0.15) is 0 Å². The van der Waals surface area contributed by atoms with Crippen molar-refractivity contribution in [2.75, 3.05) is 7.05 Å². The summed E-state index contributed by atoms with van der Waals surface area (Å²) in [5, 5.41) is 11.9. The summed E-state index contributed by atoms with van der Waals surface area (Å²) in [6.45, 7) is 6.46. The molecule has 2 rings (SSSR count). The number of hydrogen-bond donors (Lipinski definition) is 1. The van der Waals surface area contributed by atoms with Gasteiger partial charge in [0.15, 0.2) is 0 Å². The molecule has 1 aromatic heterocycles. The topological polar surface area (TPSA) is 37.8 Å². The standard InChI is InChI=1S/C15H25N3/c1-10-6-5-7-13(8-10)15(16-4)14-9-11(2)17-18-12(14)3/h9-10,13,15-16H,5-8H2,1-4H3. The van der Waals surface area contributed by atoms with E-state index >= 15 is 0 Å². The smallest absolute Gasteiger partial charge is 0.0648 e. The molecule has 0 bridgehead atoms.